The molecule has 0 fully saturated rings. The molecule has 0 aliphatic heterocycles. The fourth-order valence-electron chi connectivity index (χ4n) is 2.81. The average Bonchev–Trinajstić information content (AvgIpc) is 2.92. The molecule has 1 N–H and O–H groups in total. The second-order valence-corrected chi connectivity index (χ2v) is 6.85. The van der Waals surface area contributed by atoms with E-state index in [1.54, 1.807) is 45.0 Å². The molecule has 0 saturated heterocycles. The van der Waals surface area contributed by atoms with Crippen LogP contribution in [0.1, 0.15) is 20.8 Å². The van der Waals surface area contributed by atoms with Crippen molar-refractivity contribution in [2.45, 2.75) is 26.4 Å². The minimum Gasteiger partial charge on any atom is -0.448 e. The zero-order chi connectivity index (χ0) is 18.2. The molecule has 4 nitrogen and oxygen atoms in total. The molecule has 1 heterocycles. The second kappa shape index (κ2) is 6.37. The van der Waals surface area contributed by atoms with Gasteiger partial charge in [0.05, 0.1) is 5.52 Å². The molecule has 0 amide bonds. The van der Waals surface area contributed by atoms with Crippen molar-refractivity contribution in [3.8, 4) is 11.1 Å². The van der Waals surface area contributed by atoms with Crippen molar-refractivity contribution >= 4 is 30.1 Å². The van der Waals surface area contributed by atoms with Crippen LogP contribution >= 0.6 is 0 Å². The zero-order valence-electron chi connectivity index (χ0n) is 14.4. The topological polar surface area (TPSA) is 51.5 Å². The standard InChI is InChI=1S/C19H19BFNO3/c1-19(2,3)25-18(23)22-16-6-4-5-14(15(16)11-17(22)20-24)12-7-9-13(21)10-8-12/h4-11,20,24H,1-3H3. The average molecular weight is 339 g/mol. The highest BCUT2D eigenvalue weighted by atomic mass is 19.1. The summed E-state index contributed by atoms with van der Waals surface area (Å²) in [5, 5.41) is 10.5. The maximum atomic E-state index is 13.2. The molecule has 0 aliphatic carbocycles. The van der Waals surface area contributed by atoms with Gasteiger partial charge in [-0.05, 0) is 56.2 Å². The van der Waals surface area contributed by atoms with Crippen molar-refractivity contribution in [3.63, 3.8) is 0 Å². The van der Waals surface area contributed by atoms with Gasteiger partial charge in [-0.3, -0.25) is 4.57 Å². The van der Waals surface area contributed by atoms with Crippen LogP contribution in [0.25, 0.3) is 22.0 Å². The molecule has 128 valence electrons. The first-order valence-electron chi connectivity index (χ1n) is 8.03. The molecule has 0 spiro atoms. The van der Waals surface area contributed by atoms with E-state index in [9.17, 15) is 14.2 Å². The Bertz CT molecular complexity index is 926. The highest BCUT2D eigenvalue weighted by molar-refractivity contribution is 6.46. The maximum Gasteiger partial charge on any atom is 0.418 e. The first kappa shape index (κ1) is 17.2. The van der Waals surface area contributed by atoms with Gasteiger partial charge in [-0.15, -0.1) is 0 Å². The van der Waals surface area contributed by atoms with Gasteiger partial charge in [-0.25, -0.2) is 9.18 Å². The normalized spacial score (nSPS) is 11.6. The van der Waals surface area contributed by atoms with E-state index in [1.807, 2.05) is 12.1 Å². The van der Waals surface area contributed by atoms with Crippen LogP contribution < -0.4 is 5.59 Å². The largest absolute Gasteiger partial charge is 0.448 e. The number of carbonyl (C=O) groups excluding carboxylic acids is 1. The third-order valence-corrected chi connectivity index (χ3v) is 3.82. The number of nitrogens with zero attached hydrogens (tertiary/aromatic N) is 1. The van der Waals surface area contributed by atoms with E-state index in [1.165, 1.54) is 16.7 Å². The molecule has 25 heavy (non-hydrogen) atoms. The van der Waals surface area contributed by atoms with E-state index < -0.39 is 11.7 Å². The summed E-state index contributed by atoms with van der Waals surface area (Å²) < 4.78 is 20.0. The second-order valence-electron chi connectivity index (χ2n) is 6.85. The van der Waals surface area contributed by atoms with E-state index in [2.05, 4.69) is 0 Å². The molecule has 0 atom stereocenters. The van der Waals surface area contributed by atoms with Crippen LogP contribution in [0.4, 0.5) is 9.18 Å². The molecule has 6 heteroatoms. The summed E-state index contributed by atoms with van der Waals surface area (Å²) in [6.07, 6.45) is -0.539. The Morgan fingerprint density at radius 1 is 1.16 bits per heavy atom. The maximum absolute atomic E-state index is 13.2. The van der Waals surface area contributed by atoms with Gasteiger partial charge >= 0.3 is 13.6 Å². The molecule has 3 rings (SSSR count). The van der Waals surface area contributed by atoms with E-state index in [0.29, 0.717) is 11.1 Å². The van der Waals surface area contributed by atoms with Crippen molar-refractivity contribution < 1.29 is 18.9 Å². The van der Waals surface area contributed by atoms with Gasteiger partial charge in [-0.1, -0.05) is 24.3 Å². The SMILES string of the molecule is CC(C)(C)OC(=O)n1c(BO)cc2c(-c3ccc(F)cc3)cccc21. The third-order valence-electron chi connectivity index (χ3n) is 3.82. The van der Waals surface area contributed by atoms with Gasteiger partial charge in [-0.2, -0.15) is 0 Å². The monoisotopic (exact) mass is 339 g/mol. The molecule has 2 aromatic carbocycles. The predicted molar refractivity (Wildman–Crippen MR) is 98.0 cm³/mol. The van der Waals surface area contributed by atoms with Crippen LogP contribution in [-0.2, 0) is 4.74 Å². The lowest BCUT2D eigenvalue weighted by Gasteiger charge is -2.20. The van der Waals surface area contributed by atoms with Crippen molar-refractivity contribution in [2.24, 2.45) is 0 Å². The Labute approximate surface area is 146 Å². The number of carbonyl (C=O) groups is 1. The highest BCUT2D eigenvalue weighted by Crippen LogP contribution is 2.29. The Morgan fingerprint density at radius 3 is 2.44 bits per heavy atom. The van der Waals surface area contributed by atoms with E-state index in [4.69, 9.17) is 4.74 Å². The summed E-state index contributed by atoms with van der Waals surface area (Å²) in [5.74, 6) is -0.307. The van der Waals surface area contributed by atoms with Gasteiger partial charge in [0, 0.05) is 11.0 Å². The quantitative estimate of drug-likeness (QED) is 0.730. The molecule has 0 unspecified atom stereocenters. The molecular weight excluding hydrogens is 320 g/mol. The highest BCUT2D eigenvalue weighted by Gasteiger charge is 2.23. The first-order chi connectivity index (χ1) is 11.8. The Balaban J connectivity index is 2.18. The van der Waals surface area contributed by atoms with E-state index >= 15 is 0 Å². The number of ether oxygens (including phenoxy) is 1. The van der Waals surface area contributed by atoms with E-state index in [0.717, 1.165) is 16.5 Å². The fourth-order valence-corrected chi connectivity index (χ4v) is 2.81. The lowest BCUT2D eigenvalue weighted by molar-refractivity contribution is 0.0549. The third kappa shape index (κ3) is 3.44. The first-order valence-corrected chi connectivity index (χ1v) is 8.03. The lowest BCUT2D eigenvalue weighted by atomic mass is 9.95. The van der Waals surface area contributed by atoms with Gasteiger partial charge in [0.2, 0.25) is 0 Å². The van der Waals surface area contributed by atoms with Crippen LogP contribution in [0.2, 0.25) is 0 Å². The number of benzene rings is 2. The Hall–Kier alpha value is -2.60. The van der Waals surface area contributed by atoms with Gasteiger partial charge in [0.25, 0.3) is 0 Å². The van der Waals surface area contributed by atoms with Crippen LogP contribution in [0.5, 0.6) is 0 Å². The number of hydrogen-bond acceptors (Lipinski definition) is 3. The summed E-state index contributed by atoms with van der Waals surface area (Å²) in [4.78, 5) is 12.6. The molecule has 0 bridgehead atoms. The van der Waals surface area contributed by atoms with Gasteiger partial charge in [0.15, 0.2) is 0 Å². The lowest BCUT2D eigenvalue weighted by Crippen LogP contribution is -2.34. The number of rotatable bonds is 2. The van der Waals surface area contributed by atoms with Gasteiger partial charge in [0.1, 0.15) is 11.4 Å². The number of hydrogen-bond donors (Lipinski definition) is 1. The summed E-state index contributed by atoms with van der Waals surface area (Å²) in [7, 11) is -0.295. The molecule has 1 aromatic heterocycles. The van der Waals surface area contributed by atoms with Crippen molar-refractivity contribution in [2.75, 3.05) is 0 Å². The van der Waals surface area contributed by atoms with Crippen LogP contribution in [0.15, 0.2) is 48.5 Å². The van der Waals surface area contributed by atoms with Crippen LogP contribution in [0, 0.1) is 5.82 Å². The molecular formula is C19H19BFNO3. The summed E-state index contributed by atoms with van der Waals surface area (Å²) in [5.41, 5.74) is 2.13. The summed E-state index contributed by atoms with van der Waals surface area (Å²) in [6, 6.07) is 13.4. The molecule has 0 saturated carbocycles. The van der Waals surface area contributed by atoms with E-state index in [-0.39, 0.29) is 13.3 Å². The molecule has 0 aliphatic rings. The van der Waals surface area contributed by atoms with Gasteiger partial charge < -0.3 is 9.76 Å². The minimum absolute atomic E-state index is 0.295. The number of fused-ring (bicyclic) bond motifs is 1. The van der Waals surface area contributed by atoms with Crippen LogP contribution in [-0.4, -0.2) is 28.8 Å². The van der Waals surface area contributed by atoms with Crippen molar-refractivity contribution in [3.05, 3.63) is 54.3 Å². The summed E-state index contributed by atoms with van der Waals surface area (Å²) in [6.45, 7) is 5.37. The Kier molecular flexibility index (Phi) is 4.39. The summed E-state index contributed by atoms with van der Waals surface area (Å²) >= 11 is 0. The molecule has 0 radical (unpaired) electrons. The fraction of sp³-hybridized carbons (Fsp3) is 0.211. The zero-order valence-corrected chi connectivity index (χ0v) is 14.4. The predicted octanol–water partition coefficient (Wildman–Crippen LogP) is 3.20. The van der Waals surface area contributed by atoms with Crippen LogP contribution in [0.3, 0.4) is 0 Å². The smallest absolute Gasteiger partial charge is 0.418 e. The molecule has 3 aromatic rings. The number of aromatic nitrogens is 1. The van der Waals surface area contributed by atoms with Crippen molar-refractivity contribution in [1.82, 2.24) is 4.57 Å². The van der Waals surface area contributed by atoms with Crippen molar-refractivity contribution in [1.29, 1.82) is 0 Å². The number of halogens is 1. The minimum atomic E-state index is -0.644. The Morgan fingerprint density at radius 2 is 1.84 bits per heavy atom.